The van der Waals surface area contributed by atoms with Gasteiger partial charge in [-0.2, -0.15) is 0 Å². The molecule has 1 aromatic carbocycles. The van der Waals surface area contributed by atoms with Crippen LogP contribution in [0.25, 0.3) is 0 Å². The van der Waals surface area contributed by atoms with E-state index < -0.39 is 0 Å². The normalized spacial score (nSPS) is 22.2. The maximum absolute atomic E-state index is 6.08. The summed E-state index contributed by atoms with van der Waals surface area (Å²) in [5, 5.41) is 0.857. The number of nitrogens with zero attached hydrogens (tertiary/aromatic N) is 1. The molecular formula is C12H17ClN2. The van der Waals surface area contributed by atoms with Crippen molar-refractivity contribution in [3.8, 4) is 0 Å². The molecule has 2 N–H and O–H groups in total. The Balaban J connectivity index is 2.02. The smallest absolute Gasteiger partial charge is 0.0438 e. The molecule has 0 amide bonds. The van der Waals surface area contributed by atoms with Crippen molar-refractivity contribution in [2.45, 2.75) is 25.9 Å². The lowest BCUT2D eigenvalue weighted by Gasteiger charge is -2.15. The second-order valence-corrected chi connectivity index (χ2v) is 4.77. The third kappa shape index (κ3) is 2.71. The Labute approximate surface area is 96.0 Å². The van der Waals surface area contributed by atoms with E-state index in [-0.39, 0.29) is 0 Å². The fourth-order valence-corrected chi connectivity index (χ4v) is 2.20. The first-order valence-corrected chi connectivity index (χ1v) is 5.76. The van der Waals surface area contributed by atoms with Crippen molar-refractivity contribution in [3.63, 3.8) is 0 Å². The molecule has 0 unspecified atom stereocenters. The predicted molar refractivity (Wildman–Crippen MR) is 64.1 cm³/mol. The quantitative estimate of drug-likeness (QED) is 0.835. The number of rotatable bonds is 2. The molecular weight excluding hydrogens is 208 g/mol. The van der Waals surface area contributed by atoms with Crippen LogP contribution in [0, 0.1) is 6.92 Å². The predicted octanol–water partition coefficient (Wildman–Crippen LogP) is 2.18. The lowest BCUT2D eigenvalue weighted by Crippen LogP contribution is -2.26. The van der Waals surface area contributed by atoms with Gasteiger partial charge in [-0.05, 0) is 30.5 Å². The third-order valence-electron chi connectivity index (χ3n) is 2.95. The van der Waals surface area contributed by atoms with Gasteiger partial charge in [0.05, 0.1) is 0 Å². The van der Waals surface area contributed by atoms with Gasteiger partial charge in [-0.15, -0.1) is 0 Å². The highest BCUT2D eigenvalue weighted by Crippen LogP contribution is 2.19. The van der Waals surface area contributed by atoms with Gasteiger partial charge in [-0.25, -0.2) is 0 Å². The van der Waals surface area contributed by atoms with E-state index in [1.165, 1.54) is 5.56 Å². The van der Waals surface area contributed by atoms with Crippen molar-refractivity contribution in [1.29, 1.82) is 0 Å². The van der Waals surface area contributed by atoms with Crippen molar-refractivity contribution in [2.24, 2.45) is 5.73 Å². The number of benzene rings is 1. The van der Waals surface area contributed by atoms with Gasteiger partial charge in [-0.1, -0.05) is 23.7 Å². The molecule has 1 fully saturated rings. The zero-order chi connectivity index (χ0) is 10.8. The summed E-state index contributed by atoms with van der Waals surface area (Å²) < 4.78 is 0. The lowest BCUT2D eigenvalue weighted by atomic mass is 10.1. The maximum Gasteiger partial charge on any atom is 0.0438 e. The molecule has 1 aliphatic heterocycles. The molecule has 82 valence electrons. The van der Waals surface area contributed by atoms with Crippen molar-refractivity contribution in [2.75, 3.05) is 13.1 Å². The maximum atomic E-state index is 6.08. The number of halogens is 1. The van der Waals surface area contributed by atoms with Crippen LogP contribution in [-0.2, 0) is 6.54 Å². The fraction of sp³-hybridized carbons (Fsp3) is 0.500. The van der Waals surface area contributed by atoms with Crippen molar-refractivity contribution >= 4 is 11.6 Å². The van der Waals surface area contributed by atoms with Gasteiger partial charge in [0.1, 0.15) is 0 Å². The van der Waals surface area contributed by atoms with Gasteiger partial charge in [0, 0.05) is 30.7 Å². The summed E-state index contributed by atoms with van der Waals surface area (Å²) in [7, 11) is 0. The highest BCUT2D eigenvalue weighted by Gasteiger charge is 2.18. The summed E-state index contributed by atoms with van der Waals surface area (Å²) in [4.78, 5) is 2.38. The summed E-state index contributed by atoms with van der Waals surface area (Å²) in [6.07, 6.45) is 1.11. The molecule has 1 atom stereocenters. The Bertz CT molecular complexity index is 351. The lowest BCUT2D eigenvalue weighted by molar-refractivity contribution is 0.327. The minimum absolute atomic E-state index is 0.353. The molecule has 15 heavy (non-hydrogen) atoms. The third-order valence-corrected chi connectivity index (χ3v) is 3.36. The van der Waals surface area contributed by atoms with Gasteiger partial charge in [0.15, 0.2) is 0 Å². The molecule has 1 aliphatic rings. The van der Waals surface area contributed by atoms with Crippen molar-refractivity contribution in [3.05, 3.63) is 34.3 Å². The Morgan fingerprint density at radius 2 is 2.33 bits per heavy atom. The van der Waals surface area contributed by atoms with Gasteiger partial charge in [0.25, 0.3) is 0 Å². The molecule has 0 radical (unpaired) electrons. The van der Waals surface area contributed by atoms with Crippen LogP contribution in [0.5, 0.6) is 0 Å². The Morgan fingerprint density at radius 1 is 1.53 bits per heavy atom. The van der Waals surface area contributed by atoms with E-state index in [2.05, 4.69) is 23.1 Å². The number of nitrogens with two attached hydrogens (primary N) is 1. The number of aryl methyl sites for hydroxylation is 1. The second-order valence-electron chi connectivity index (χ2n) is 4.37. The van der Waals surface area contributed by atoms with E-state index in [1.807, 2.05) is 6.92 Å². The van der Waals surface area contributed by atoms with Gasteiger partial charge >= 0.3 is 0 Å². The van der Waals surface area contributed by atoms with Crippen LogP contribution in [0.1, 0.15) is 17.5 Å². The SMILES string of the molecule is Cc1ccc(CN2CC[C@H](N)C2)cc1Cl. The molecule has 0 aliphatic carbocycles. The molecule has 3 heteroatoms. The molecule has 0 saturated carbocycles. The van der Waals surface area contributed by atoms with Crippen LogP contribution in [0.4, 0.5) is 0 Å². The van der Waals surface area contributed by atoms with Crippen LogP contribution < -0.4 is 5.73 Å². The Kier molecular flexibility index (Phi) is 3.29. The summed E-state index contributed by atoms with van der Waals surface area (Å²) in [5.41, 5.74) is 8.28. The van der Waals surface area contributed by atoms with Crippen LogP contribution >= 0.6 is 11.6 Å². The van der Waals surface area contributed by atoms with Crippen molar-refractivity contribution in [1.82, 2.24) is 4.90 Å². The largest absolute Gasteiger partial charge is 0.326 e. The van der Waals surface area contributed by atoms with Gasteiger partial charge in [-0.3, -0.25) is 4.90 Å². The molecule has 2 nitrogen and oxygen atoms in total. The van der Waals surface area contributed by atoms with Crippen LogP contribution in [0.2, 0.25) is 5.02 Å². The monoisotopic (exact) mass is 224 g/mol. The zero-order valence-electron chi connectivity index (χ0n) is 9.04. The van der Waals surface area contributed by atoms with Crippen LogP contribution in [0.3, 0.4) is 0 Å². The van der Waals surface area contributed by atoms with E-state index in [4.69, 9.17) is 17.3 Å². The topological polar surface area (TPSA) is 29.3 Å². The number of hydrogen-bond acceptors (Lipinski definition) is 2. The summed E-state index contributed by atoms with van der Waals surface area (Å²) in [5.74, 6) is 0. The summed E-state index contributed by atoms with van der Waals surface area (Å²) >= 11 is 6.08. The fourth-order valence-electron chi connectivity index (χ4n) is 2.00. The van der Waals surface area contributed by atoms with E-state index in [0.717, 1.165) is 36.6 Å². The Morgan fingerprint density at radius 3 is 2.93 bits per heavy atom. The second kappa shape index (κ2) is 4.52. The molecule has 1 saturated heterocycles. The van der Waals surface area contributed by atoms with Gasteiger partial charge < -0.3 is 5.73 Å². The van der Waals surface area contributed by atoms with E-state index in [9.17, 15) is 0 Å². The summed E-state index contributed by atoms with van der Waals surface area (Å²) in [6.45, 7) is 5.10. The highest BCUT2D eigenvalue weighted by atomic mass is 35.5. The molecule has 2 rings (SSSR count). The standard InChI is InChI=1S/C12H17ClN2/c1-9-2-3-10(6-12(9)13)7-15-5-4-11(14)8-15/h2-3,6,11H,4-5,7-8,14H2,1H3/t11-/m0/s1. The molecule has 1 heterocycles. The number of hydrogen-bond donors (Lipinski definition) is 1. The Hall–Kier alpha value is -0.570. The van der Waals surface area contributed by atoms with Gasteiger partial charge in [0.2, 0.25) is 0 Å². The van der Waals surface area contributed by atoms with Crippen LogP contribution in [0.15, 0.2) is 18.2 Å². The van der Waals surface area contributed by atoms with E-state index in [1.54, 1.807) is 0 Å². The first-order chi connectivity index (χ1) is 7.15. The highest BCUT2D eigenvalue weighted by molar-refractivity contribution is 6.31. The zero-order valence-corrected chi connectivity index (χ0v) is 9.80. The minimum Gasteiger partial charge on any atom is -0.326 e. The van der Waals surface area contributed by atoms with Crippen molar-refractivity contribution < 1.29 is 0 Å². The molecule has 1 aromatic rings. The first kappa shape index (κ1) is 10.9. The average molecular weight is 225 g/mol. The number of likely N-dealkylation sites (tertiary alicyclic amines) is 1. The van der Waals surface area contributed by atoms with E-state index in [0.29, 0.717) is 6.04 Å². The first-order valence-electron chi connectivity index (χ1n) is 5.38. The van der Waals surface area contributed by atoms with Crippen LogP contribution in [-0.4, -0.2) is 24.0 Å². The summed E-state index contributed by atoms with van der Waals surface area (Å²) in [6, 6.07) is 6.63. The molecule has 0 spiro atoms. The molecule has 0 aromatic heterocycles. The average Bonchev–Trinajstić information content (AvgIpc) is 2.58. The van der Waals surface area contributed by atoms with E-state index >= 15 is 0 Å². The molecule has 0 bridgehead atoms. The minimum atomic E-state index is 0.353.